The molecule has 0 heterocycles. The molecule has 0 bridgehead atoms. The molecule has 0 aliphatic heterocycles. The highest BCUT2D eigenvalue weighted by Gasteiger charge is 2.44. The lowest BCUT2D eigenvalue weighted by molar-refractivity contribution is 0.409. The average molecular weight is 510 g/mol. The third-order valence-corrected chi connectivity index (χ3v) is 9.22. The molecular weight excluding hydrogens is 481 g/mol. The maximum atomic E-state index is 2.32. The van der Waals surface area contributed by atoms with E-state index in [2.05, 4.69) is 110 Å². The zero-order chi connectivity index (χ0) is 17.5. The standard InChI is InChI=1S/C23H27NP.2BrH/c1-24(2)19-12-20-25(21-13-6-3-7-14-21,22-15-8-4-9-16-22)23-17-10-5-11-18-23;;/h3-11,13-18H,12,19-20H2,1-2H3;2*1H/q+1;;. The first-order valence-electron chi connectivity index (χ1n) is 8.93. The van der Waals surface area contributed by atoms with Crippen LogP contribution in [0.15, 0.2) is 91.0 Å². The van der Waals surface area contributed by atoms with Crippen LogP contribution in [-0.2, 0) is 0 Å². The minimum atomic E-state index is -1.64. The number of halogens is 2. The van der Waals surface area contributed by atoms with E-state index >= 15 is 0 Å². The Kier molecular flexibility index (Phi) is 10.5. The normalized spacial score (nSPS) is 10.8. The third kappa shape index (κ3) is 5.74. The van der Waals surface area contributed by atoms with Crippen molar-refractivity contribution in [3.8, 4) is 0 Å². The van der Waals surface area contributed by atoms with Gasteiger partial charge in [-0.3, -0.25) is 0 Å². The third-order valence-electron chi connectivity index (χ3n) is 4.69. The lowest BCUT2D eigenvalue weighted by atomic mass is 10.3. The van der Waals surface area contributed by atoms with E-state index in [9.17, 15) is 0 Å². The highest BCUT2D eigenvalue weighted by atomic mass is 79.9. The number of hydrogen-bond donors (Lipinski definition) is 0. The molecule has 3 aromatic carbocycles. The van der Waals surface area contributed by atoms with Crippen molar-refractivity contribution >= 4 is 57.1 Å². The number of hydrogen-bond acceptors (Lipinski definition) is 1. The van der Waals surface area contributed by atoms with Crippen LogP contribution in [0.25, 0.3) is 0 Å². The van der Waals surface area contributed by atoms with Crippen LogP contribution >= 0.6 is 41.2 Å². The average Bonchev–Trinajstić information content (AvgIpc) is 2.67. The summed E-state index contributed by atoms with van der Waals surface area (Å²) in [6.45, 7) is 1.12. The van der Waals surface area contributed by atoms with E-state index in [0.29, 0.717) is 0 Å². The van der Waals surface area contributed by atoms with E-state index in [0.717, 1.165) is 6.54 Å². The number of benzene rings is 3. The second kappa shape index (κ2) is 11.8. The Morgan fingerprint density at radius 2 is 0.926 bits per heavy atom. The van der Waals surface area contributed by atoms with Crippen molar-refractivity contribution in [3.63, 3.8) is 0 Å². The molecule has 1 nitrogen and oxygen atoms in total. The maximum absolute atomic E-state index is 2.32. The van der Waals surface area contributed by atoms with Crippen LogP contribution in [0.3, 0.4) is 0 Å². The first-order valence-corrected chi connectivity index (χ1v) is 10.9. The number of nitrogens with zero attached hydrogens (tertiary/aromatic N) is 1. The maximum Gasteiger partial charge on any atom is 0.112 e. The summed E-state index contributed by atoms with van der Waals surface area (Å²) in [7, 11) is 2.68. The lowest BCUT2D eigenvalue weighted by Gasteiger charge is -2.28. The summed E-state index contributed by atoms with van der Waals surface area (Å²) in [6, 6.07) is 33.4. The molecule has 0 spiro atoms. The lowest BCUT2D eigenvalue weighted by Crippen LogP contribution is -2.34. The van der Waals surface area contributed by atoms with E-state index in [4.69, 9.17) is 0 Å². The van der Waals surface area contributed by atoms with Crippen molar-refractivity contribution in [1.82, 2.24) is 4.90 Å². The Hall–Kier alpha value is -0.990. The van der Waals surface area contributed by atoms with E-state index in [1.54, 1.807) is 0 Å². The highest BCUT2D eigenvalue weighted by molar-refractivity contribution is 8.93. The molecule has 27 heavy (non-hydrogen) atoms. The van der Waals surface area contributed by atoms with Gasteiger partial charge in [0.15, 0.2) is 0 Å². The summed E-state index contributed by atoms with van der Waals surface area (Å²) < 4.78 is 0. The smallest absolute Gasteiger partial charge is 0.112 e. The van der Waals surface area contributed by atoms with Gasteiger partial charge in [-0.15, -0.1) is 34.0 Å². The van der Waals surface area contributed by atoms with Gasteiger partial charge < -0.3 is 4.90 Å². The quantitative estimate of drug-likeness (QED) is 0.401. The molecule has 0 fully saturated rings. The van der Waals surface area contributed by atoms with Crippen LogP contribution in [0.4, 0.5) is 0 Å². The Morgan fingerprint density at radius 3 is 1.22 bits per heavy atom. The van der Waals surface area contributed by atoms with Gasteiger partial charge in [-0.25, -0.2) is 0 Å². The van der Waals surface area contributed by atoms with Crippen molar-refractivity contribution in [2.75, 3.05) is 26.8 Å². The Balaban J connectivity index is 0.00000182. The summed E-state index contributed by atoms with van der Waals surface area (Å²) in [5.74, 6) is 0. The molecule has 0 saturated heterocycles. The van der Waals surface area contributed by atoms with E-state index in [1.807, 2.05) is 0 Å². The van der Waals surface area contributed by atoms with Gasteiger partial charge in [-0.05, 0) is 56.9 Å². The molecule has 0 atom stereocenters. The molecular formula is C23H29Br2NP+. The largest absolute Gasteiger partial charge is 0.309 e. The molecule has 0 saturated carbocycles. The molecule has 0 amide bonds. The molecule has 0 aliphatic carbocycles. The van der Waals surface area contributed by atoms with E-state index in [-0.39, 0.29) is 34.0 Å². The van der Waals surface area contributed by atoms with Gasteiger partial charge in [-0.1, -0.05) is 54.6 Å². The molecule has 0 aliphatic rings. The van der Waals surface area contributed by atoms with Crippen molar-refractivity contribution in [3.05, 3.63) is 91.0 Å². The Morgan fingerprint density at radius 1 is 0.593 bits per heavy atom. The van der Waals surface area contributed by atoms with Gasteiger partial charge in [-0.2, -0.15) is 0 Å². The van der Waals surface area contributed by atoms with Crippen LogP contribution in [0.1, 0.15) is 6.42 Å². The predicted octanol–water partition coefficient (Wildman–Crippen LogP) is 5.09. The molecule has 0 radical (unpaired) electrons. The van der Waals surface area contributed by atoms with Crippen LogP contribution in [0.2, 0.25) is 0 Å². The van der Waals surface area contributed by atoms with Gasteiger partial charge in [0.25, 0.3) is 0 Å². The predicted molar refractivity (Wildman–Crippen MR) is 134 cm³/mol. The fourth-order valence-corrected chi connectivity index (χ4v) is 7.83. The molecule has 144 valence electrons. The van der Waals surface area contributed by atoms with Gasteiger partial charge in [0.05, 0.1) is 6.16 Å². The zero-order valence-corrected chi connectivity index (χ0v) is 20.3. The van der Waals surface area contributed by atoms with E-state index < -0.39 is 7.26 Å². The van der Waals surface area contributed by atoms with Crippen molar-refractivity contribution < 1.29 is 0 Å². The second-order valence-corrected chi connectivity index (χ2v) is 10.3. The van der Waals surface area contributed by atoms with Gasteiger partial charge >= 0.3 is 0 Å². The van der Waals surface area contributed by atoms with Crippen molar-refractivity contribution in [2.45, 2.75) is 6.42 Å². The zero-order valence-electron chi connectivity index (χ0n) is 16.0. The van der Waals surface area contributed by atoms with E-state index in [1.165, 1.54) is 28.5 Å². The van der Waals surface area contributed by atoms with Crippen LogP contribution in [-0.4, -0.2) is 31.7 Å². The summed E-state index contributed by atoms with van der Waals surface area (Å²) in [6.07, 6.45) is 2.39. The van der Waals surface area contributed by atoms with Gasteiger partial charge in [0.2, 0.25) is 0 Å². The first kappa shape index (κ1) is 24.0. The van der Waals surface area contributed by atoms with Crippen LogP contribution < -0.4 is 15.9 Å². The summed E-state index contributed by atoms with van der Waals surface area (Å²) in [5, 5.41) is 4.43. The highest BCUT2D eigenvalue weighted by Crippen LogP contribution is 2.55. The summed E-state index contributed by atoms with van der Waals surface area (Å²) in [5.41, 5.74) is 0. The molecule has 0 aromatic heterocycles. The van der Waals surface area contributed by atoms with Crippen molar-refractivity contribution in [2.24, 2.45) is 0 Å². The minimum Gasteiger partial charge on any atom is -0.309 e. The summed E-state index contributed by atoms with van der Waals surface area (Å²) in [4.78, 5) is 2.29. The number of rotatable bonds is 7. The minimum absolute atomic E-state index is 0. The molecule has 0 N–H and O–H groups in total. The molecule has 3 aromatic rings. The first-order chi connectivity index (χ1) is 12.2. The summed E-state index contributed by atoms with van der Waals surface area (Å²) >= 11 is 0. The molecule has 0 unspecified atom stereocenters. The monoisotopic (exact) mass is 508 g/mol. The molecule has 3 rings (SSSR count). The van der Waals surface area contributed by atoms with Gasteiger partial charge in [0.1, 0.15) is 23.2 Å². The topological polar surface area (TPSA) is 3.24 Å². The van der Waals surface area contributed by atoms with Crippen LogP contribution in [0, 0.1) is 0 Å². The van der Waals surface area contributed by atoms with Crippen LogP contribution in [0.5, 0.6) is 0 Å². The fraction of sp³-hybridized carbons (Fsp3) is 0.217. The Bertz CT molecular complexity index is 667. The SMILES string of the molecule is Br.Br.CN(C)CCC[P+](c1ccccc1)(c1ccccc1)c1ccccc1. The van der Waals surface area contributed by atoms with Crippen molar-refractivity contribution in [1.29, 1.82) is 0 Å². The second-order valence-electron chi connectivity index (χ2n) is 6.70. The van der Waals surface area contributed by atoms with Gasteiger partial charge in [0, 0.05) is 6.54 Å². The Labute approximate surface area is 185 Å². The molecule has 4 heteroatoms. The fourth-order valence-electron chi connectivity index (χ4n) is 3.51.